The van der Waals surface area contributed by atoms with Crippen molar-refractivity contribution < 1.29 is 21.6 Å². The van der Waals surface area contributed by atoms with Gasteiger partial charge < -0.3 is 4.90 Å². The van der Waals surface area contributed by atoms with Gasteiger partial charge in [-0.05, 0) is 25.3 Å². The van der Waals surface area contributed by atoms with Gasteiger partial charge in [-0.25, -0.2) is 26.8 Å². The Kier molecular flexibility index (Phi) is 7.02. The van der Waals surface area contributed by atoms with Crippen LogP contribution in [-0.4, -0.2) is 60.9 Å². The van der Waals surface area contributed by atoms with Crippen LogP contribution in [-0.2, 0) is 26.2 Å². The number of halogens is 1. The molecule has 0 bridgehead atoms. The van der Waals surface area contributed by atoms with Crippen molar-refractivity contribution in [3.05, 3.63) is 52.3 Å². The van der Waals surface area contributed by atoms with Crippen molar-refractivity contribution >= 4 is 37.2 Å². The number of aromatic nitrogens is 2. The fraction of sp³-hybridized carbons (Fsp3) is 0.450. The predicted molar refractivity (Wildman–Crippen MR) is 117 cm³/mol. The van der Waals surface area contributed by atoms with Crippen molar-refractivity contribution in [3.63, 3.8) is 0 Å². The summed E-state index contributed by atoms with van der Waals surface area (Å²) in [5.74, 6) is -0.948. The molecule has 3 rings (SSSR count). The standard InChI is InChI=1S/C20H24ClN3O5S2/c1-3-9-31(28,29)20-22-11-17(21)18(23-20)19(25)24(16-8-10-30(26,27)13-16)12-15-6-4-14(2)5-7-15/h4-7,11,16H,3,8-10,12-13H2,1-2H3. The average Bonchev–Trinajstić information content (AvgIpc) is 3.06. The average molecular weight is 486 g/mol. The maximum Gasteiger partial charge on any atom is 0.274 e. The lowest BCUT2D eigenvalue weighted by Crippen LogP contribution is -2.41. The third-order valence-electron chi connectivity index (χ3n) is 5.06. The molecule has 1 unspecified atom stereocenters. The number of sulfone groups is 2. The van der Waals surface area contributed by atoms with Gasteiger partial charge in [0.25, 0.3) is 5.91 Å². The second-order valence-corrected chi connectivity index (χ2v) is 12.3. The zero-order valence-corrected chi connectivity index (χ0v) is 19.7. The molecule has 0 spiro atoms. The largest absolute Gasteiger partial charge is 0.329 e. The molecular formula is C20H24ClN3O5S2. The summed E-state index contributed by atoms with van der Waals surface area (Å²) in [4.78, 5) is 22.6. The zero-order valence-electron chi connectivity index (χ0n) is 17.3. The summed E-state index contributed by atoms with van der Waals surface area (Å²) in [6.07, 6.45) is 1.76. The first-order chi connectivity index (χ1) is 14.5. The molecule has 0 radical (unpaired) electrons. The number of hydrogen-bond acceptors (Lipinski definition) is 7. The van der Waals surface area contributed by atoms with E-state index in [4.69, 9.17) is 11.6 Å². The van der Waals surface area contributed by atoms with Gasteiger partial charge in [0.05, 0.1) is 28.5 Å². The molecule has 1 fully saturated rings. The van der Waals surface area contributed by atoms with Crippen LogP contribution in [0.4, 0.5) is 0 Å². The summed E-state index contributed by atoms with van der Waals surface area (Å²) in [6, 6.07) is 6.96. The number of carbonyl (C=O) groups is 1. The van der Waals surface area contributed by atoms with Gasteiger partial charge in [-0.15, -0.1) is 0 Å². The second-order valence-electron chi connectivity index (χ2n) is 7.64. The van der Waals surface area contributed by atoms with E-state index >= 15 is 0 Å². The van der Waals surface area contributed by atoms with Gasteiger partial charge in [0, 0.05) is 12.6 Å². The molecule has 1 aliphatic heterocycles. The Balaban J connectivity index is 2.00. The Morgan fingerprint density at radius 2 is 1.94 bits per heavy atom. The highest BCUT2D eigenvalue weighted by Gasteiger charge is 2.36. The van der Waals surface area contributed by atoms with Crippen LogP contribution < -0.4 is 0 Å². The molecule has 1 atom stereocenters. The van der Waals surface area contributed by atoms with Gasteiger partial charge in [0.1, 0.15) is 0 Å². The lowest BCUT2D eigenvalue weighted by Gasteiger charge is -2.28. The van der Waals surface area contributed by atoms with E-state index in [0.717, 1.165) is 17.3 Å². The van der Waals surface area contributed by atoms with Gasteiger partial charge in [-0.1, -0.05) is 48.4 Å². The molecule has 0 N–H and O–H groups in total. The number of amides is 1. The minimum atomic E-state index is -3.76. The quantitative estimate of drug-likeness (QED) is 0.553. The molecule has 11 heteroatoms. The van der Waals surface area contributed by atoms with Crippen LogP contribution in [0, 0.1) is 6.92 Å². The minimum absolute atomic E-state index is 0.0109. The van der Waals surface area contributed by atoms with E-state index in [2.05, 4.69) is 9.97 Å². The molecule has 2 heterocycles. The second kappa shape index (κ2) is 9.22. The van der Waals surface area contributed by atoms with E-state index in [1.165, 1.54) is 4.90 Å². The summed E-state index contributed by atoms with van der Waals surface area (Å²) < 4.78 is 48.9. The van der Waals surface area contributed by atoms with Crippen LogP contribution in [0.1, 0.15) is 41.4 Å². The lowest BCUT2D eigenvalue weighted by atomic mass is 10.1. The molecule has 1 amide bonds. The minimum Gasteiger partial charge on any atom is -0.329 e. The first-order valence-electron chi connectivity index (χ1n) is 9.84. The molecule has 1 aromatic heterocycles. The highest BCUT2D eigenvalue weighted by atomic mass is 35.5. The molecule has 168 valence electrons. The Morgan fingerprint density at radius 1 is 1.26 bits per heavy atom. The Labute approximate surface area is 187 Å². The highest BCUT2D eigenvalue weighted by molar-refractivity contribution is 7.91. The molecule has 1 aliphatic rings. The van der Waals surface area contributed by atoms with E-state index in [1.54, 1.807) is 6.92 Å². The first kappa shape index (κ1) is 23.6. The number of nitrogens with zero attached hydrogens (tertiary/aromatic N) is 3. The van der Waals surface area contributed by atoms with E-state index in [9.17, 15) is 21.6 Å². The van der Waals surface area contributed by atoms with Crippen molar-refractivity contribution in [1.82, 2.24) is 14.9 Å². The molecule has 8 nitrogen and oxygen atoms in total. The van der Waals surface area contributed by atoms with Crippen LogP contribution in [0.5, 0.6) is 0 Å². The smallest absolute Gasteiger partial charge is 0.274 e. The zero-order chi connectivity index (χ0) is 22.8. The maximum absolute atomic E-state index is 13.4. The lowest BCUT2D eigenvalue weighted by molar-refractivity contribution is 0.0674. The molecule has 0 aliphatic carbocycles. The Morgan fingerprint density at radius 3 is 2.52 bits per heavy atom. The maximum atomic E-state index is 13.4. The van der Waals surface area contributed by atoms with Crippen LogP contribution in [0.2, 0.25) is 5.02 Å². The van der Waals surface area contributed by atoms with Crippen molar-refractivity contribution in [1.29, 1.82) is 0 Å². The van der Waals surface area contributed by atoms with Crippen LogP contribution in [0.25, 0.3) is 0 Å². The summed E-state index contributed by atoms with van der Waals surface area (Å²) in [6.45, 7) is 3.80. The topological polar surface area (TPSA) is 114 Å². The van der Waals surface area contributed by atoms with Crippen LogP contribution in [0.15, 0.2) is 35.6 Å². The predicted octanol–water partition coefficient (Wildman–Crippen LogP) is 2.45. The van der Waals surface area contributed by atoms with Crippen molar-refractivity contribution in [2.45, 2.75) is 44.4 Å². The van der Waals surface area contributed by atoms with Crippen LogP contribution >= 0.6 is 11.6 Å². The summed E-state index contributed by atoms with van der Waals surface area (Å²) >= 11 is 6.16. The van der Waals surface area contributed by atoms with Crippen molar-refractivity contribution in [3.8, 4) is 0 Å². The number of hydrogen-bond donors (Lipinski definition) is 0. The molecule has 31 heavy (non-hydrogen) atoms. The van der Waals surface area contributed by atoms with Crippen molar-refractivity contribution in [2.24, 2.45) is 0 Å². The summed E-state index contributed by atoms with van der Waals surface area (Å²) in [5.41, 5.74) is 1.62. The third-order valence-corrected chi connectivity index (χ3v) is 8.78. The number of benzene rings is 1. The fourth-order valence-corrected chi connectivity index (χ4v) is 6.49. The van der Waals surface area contributed by atoms with Crippen LogP contribution in [0.3, 0.4) is 0 Å². The van der Waals surface area contributed by atoms with E-state index in [-0.39, 0.29) is 34.5 Å². The van der Waals surface area contributed by atoms with Gasteiger partial charge in [-0.3, -0.25) is 4.79 Å². The van der Waals surface area contributed by atoms with Gasteiger partial charge >= 0.3 is 0 Å². The SMILES string of the molecule is CCCS(=O)(=O)c1ncc(Cl)c(C(=O)N(Cc2ccc(C)cc2)C2CCS(=O)(=O)C2)n1. The Bertz CT molecular complexity index is 1180. The van der Waals surface area contributed by atoms with Gasteiger partial charge in [-0.2, -0.15) is 0 Å². The van der Waals surface area contributed by atoms with E-state index in [0.29, 0.717) is 12.8 Å². The molecule has 0 saturated carbocycles. The highest BCUT2D eigenvalue weighted by Crippen LogP contribution is 2.25. The van der Waals surface area contributed by atoms with Gasteiger partial charge in [0.15, 0.2) is 15.5 Å². The monoisotopic (exact) mass is 485 g/mol. The van der Waals surface area contributed by atoms with E-state index in [1.807, 2.05) is 31.2 Å². The normalized spacial score (nSPS) is 18.1. The summed E-state index contributed by atoms with van der Waals surface area (Å²) in [5, 5.41) is -0.549. The number of carbonyl (C=O) groups excluding carboxylic acids is 1. The molecule has 1 aromatic carbocycles. The van der Waals surface area contributed by atoms with Gasteiger partial charge in [0.2, 0.25) is 15.0 Å². The molecule has 2 aromatic rings. The third kappa shape index (κ3) is 5.61. The molecular weight excluding hydrogens is 462 g/mol. The number of rotatable bonds is 7. The molecule has 1 saturated heterocycles. The van der Waals surface area contributed by atoms with E-state index < -0.39 is 36.8 Å². The Hall–Kier alpha value is -2.04. The summed E-state index contributed by atoms with van der Waals surface area (Å²) in [7, 11) is -7.02. The number of aryl methyl sites for hydroxylation is 1. The fourth-order valence-electron chi connectivity index (χ4n) is 3.42. The first-order valence-corrected chi connectivity index (χ1v) is 13.7. The van der Waals surface area contributed by atoms with Crippen molar-refractivity contribution in [2.75, 3.05) is 17.3 Å².